The van der Waals surface area contributed by atoms with Crippen LogP contribution in [0, 0.1) is 5.92 Å². The summed E-state index contributed by atoms with van der Waals surface area (Å²) >= 11 is 7.59. The van der Waals surface area contributed by atoms with Gasteiger partial charge in [0.05, 0.1) is 10.6 Å². The summed E-state index contributed by atoms with van der Waals surface area (Å²) in [6, 6.07) is 13.1. The molecule has 0 saturated heterocycles. The molecule has 0 spiro atoms. The van der Waals surface area contributed by atoms with Gasteiger partial charge in [0.1, 0.15) is 0 Å². The van der Waals surface area contributed by atoms with E-state index in [2.05, 4.69) is 17.6 Å². The number of amides is 2. The molecule has 2 aliphatic rings. The van der Waals surface area contributed by atoms with E-state index in [0.29, 0.717) is 27.1 Å². The van der Waals surface area contributed by atoms with Crippen molar-refractivity contribution >= 4 is 46.9 Å². The van der Waals surface area contributed by atoms with Crippen molar-refractivity contribution in [2.75, 3.05) is 5.32 Å². The lowest BCUT2D eigenvalue weighted by Gasteiger charge is -2.29. The first-order chi connectivity index (χ1) is 14.0. The summed E-state index contributed by atoms with van der Waals surface area (Å²) in [7, 11) is 0. The summed E-state index contributed by atoms with van der Waals surface area (Å²) < 4.78 is 0. The van der Waals surface area contributed by atoms with E-state index in [1.165, 1.54) is 18.2 Å². The maximum absolute atomic E-state index is 12.7. The van der Waals surface area contributed by atoms with E-state index in [0.717, 1.165) is 29.7 Å². The number of benzene rings is 2. The van der Waals surface area contributed by atoms with Gasteiger partial charge in [0.15, 0.2) is 0 Å². The highest BCUT2D eigenvalue weighted by molar-refractivity contribution is 8.04. The van der Waals surface area contributed by atoms with Crippen LogP contribution in [0.15, 0.2) is 52.3 Å². The molecule has 2 atom stereocenters. The molecular weight excluding hydrogens is 404 g/mol. The smallest absolute Gasteiger partial charge is 0.262 e. The quantitative estimate of drug-likeness (QED) is 0.616. The Bertz CT molecular complexity index is 989. The predicted molar refractivity (Wildman–Crippen MR) is 119 cm³/mol. The minimum Gasteiger partial charge on any atom is -0.349 e. The number of carbonyl (C=O) groups is 2. The summed E-state index contributed by atoms with van der Waals surface area (Å²) in [6.45, 7) is 2.20. The minimum absolute atomic E-state index is 0.0804. The second kappa shape index (κ2) is 8.64. The number of carbonyl (C=O) groups excluding carboxylic acids is 2. The molecule has 0 radical (unpaired) electrons. The Balaban J connectivity index is 1.52. The van der Waals surface area contributed by atoms with E-state index in [1.807, 2.05) is 30.3 Å². The van der Waals surface area contributed by atoms with Gasteiger partial charge in [-0.2, -0.15) is 0 Å². The number of anilines is 1. The lowest BCUT2D eigenvalue weighted by atomic mass is 9.86. The molecule has 4 nitrogen and oxygen atoms in total. The number of fused-ring (bicyclic) bond motifs is 1. The Labute approximate surface area is 180 Å². The molecular formula is C23H23ClN2O2S. The van der Waals surface area contributed by atoms with E-state index in [4.69, 9.17) is 11.6 Å². The van der Waals surface area contributed by atoms with Crippen molar-refractivity contribution in [3.05, 3.63) is 63.5 Å². The summed E-state index contributed by atoms with van der Waals surface area (Å²) in [5.41, 5.74) is 2.04. The second-order valence-electron chi connectivity index (χ2n) is 7.64. The molecule has 1 fully saturated rings. The molecule has 150 valence electrons. The number of nitrogens with one attached hydrogen (secondary N) is 2. The maximum Gasteiger partial charge on any atom is 0.262 e. The van der Waals surface area contributed by atoms with Gasteiger partial charge in [-0.1, -0.05) is 61.3 Å². The summed E-state index contributed by atoms with van der Waals surface area (Å²) in [6.07, 6.45) is 6.37. The van der Waals surface area contributed by atoms with E-state index < -0.39 is 0 Å². The first kappa shape index (κ1) is 20.0. The Morgan fingerprint density at radius 2 is 2.00 bits per heavy atom. The molecule has 1 heterocycles. The van der Waals surface area contributed by atoms with E-state index in [9.17, 15) is 9.59 Å². The summed E-state index contributed by atoms with van der Waals surface area (Å²) in [5, 5.41) is 6.67. The second-order valence-corrected chi connectivity index (χ2v) is 9.13. The van der Waals surface area contributed by atoms with Crippen molar-refractivity contribution in [1.29, 1.82) is 0 Å². The van der Waals surface area contributed by atoms with Crippen LogP contribution in [0.5, 0.6) is 0 Å². The van der Waals surface area contributed by atoms with Crippen molar-refractivity contribution < 1.29 is 9.59 Å². The third-order valence-corrected chi connectivity index (χ3v) is 7.00. The monoisotopic (exact) mass is 426 g/mol. The Hall–Kier alpha value is -2.24. The van der Waals surface area contributed by atoms with Gasteiger partial charge in [0.2, 0.25) is 0 Å². The van der Waals surface area contributed by atoms with Crippen LogP contribution in [-0.4, -0.2) is 17.9 Å². The first-order valence-electron chi connectivity index (χ1n) is 9.91. The van der Waals surface area contributed by atoms with Crippen LogP contribution in [0.25, 0.3) is 6.08 Å². The average Bonchev–Trinajstić information content (AvgIpc) is 2.71. The van der Waals surface area contributed by atoms with E-state index >= 15 is 0 Å². The number of hydrogen-bond acceptors (Lipinski definition) is 3. The molecule has 0 bridgehead atoms. The van der Waals surface area contributed by atoms with Crippen LogP contribution < -0.4 is 10.6 Å². The van der Waals surface area contributed by atoms with Gasteiger partial charge in [-0.15, -0.1) is 0 Å². The fourth-order valence-electron chi connectivity index (χ4n) is 3.82. The molecule has 0 aromatic heterocycles. The fourth-order valence-corrected chi connectivity index (χ4v) is 4.93. The molecule has 1 aliphatic carbocycles. The van der Waals surface area contributed by atoms with Gasteiger partial charge in [-0.3, -0.25) is 9.59 Å². The Kier molecular flexibility index (Phi) is 5.97. The highest BCUT2D eigenvalue weighted by Crippen LogP contribution is 2.40. The first-order valence-corrected chi connectivity index (χ1v) is 11.1. The van der Waals surface area contributed by atoms with Crippen LogP contribution in [0.3, 0.4) is 0 Å². The number of halogens is 1. The Morgan fingerprint density at radius 1 is 1.21 bits per heavy atom. The van der Waals surface area contributed by atoms with Gasteiger partial charge in [-0.05, 0) is 54.7 Å². The number of thioether (sulfide) groups is 1. The zero-order chi connectivity index (χ0) is 20.4. The lowest BCUT2D eigenvalue weighted by Crippen LogP contribution is -2.41. The molecule has 2 N–H and O–H groups in total. The van der Waals surface area contributed by atoms with Crippen molar-refractivity contribution in [2.24, 2.45) is 5.92 Å². The molecule has 0 unspecified atom stereocenters. The molecule has 2 aromatic carbocycles. The molecule has 1 aliphatic heterocycles. The third kappa shape index (κ3) is 4.51. The molecule has 6 heteroatoms. The third-order valence-electron chi connectivity index (χ3n) is 5.55. The van der Waals surface area contributed by atoms with Crippen LogP contribution in [0.2, 0.25) is 5.02 Å². The summed E-state index contributed by atoms with van der Waals surface area (Å²) in [4.78, 5) is 26.8. The number of rotatable bonds is 3. The largest absolute Gasteiger partial charge is 0.349 e. The Morgan fingerprint density at radius 3 is 2.79 bits per heavy atom. The summed E-state index contributed by atoms with van der Waals surface area (Å²) in [5.74, 6) is 0.224. The van der Waals surface area contributed by atoms with Crippen LogP contribution >= 0.6 is 23.4 Å². The lowest BCUT2D eigenvalue weighted by molar-refractivity contribution is -0.112. The van der Waals surface area contributed by atoms with E-state index in [-0.39, 0.29) is 17.9 Å². The zero-order valence-electron chi connectivity index (χ0n) is 16.2. The van der Waals surface area contributed by atoms with Crippen molar-refractivity contribution in [3.63, 3.8) is 0 Å². The maximum atomic E-state index is 12.7. The van der Waals surface area contributed by atoms with Crippen LogP contribution in [0.1, 0.15) is 48.5 Å². The molecule has 2 aromatic rings. The molecule has 1 saturated carbocycles. The standard InChI is InChI=1S/C23H23ClN2O2S/c1-14-6-2-5-9-18(14)25-22(27)16-10-11-20-19(12-16)26-23(28)21(29-20)13-15-7-3-4-8-17(15)24/h3-4,7-8,10-14,18H,2,5-6,9H2,1H3,(H,25,27)(H,26,28)/b21-13+/t14-,18+/m0/s1. The van der Waals surface area contributed by atoms with Crippen LogP contribution in [0.4, 0.5) is 5.69 Å². The zero-order valence-corrected chi connectivity index (χ0v) is 17.8. The van der Waals surface area contributed by atoms with Gasteiger partial charge < -0.3 is 10.6 Å². The van der Waals surface area contributed by atoms with Crippen molar-refractivity contribution in [1.82, 2.24) is 5.32 Å². The van der Waals surface area contributed by atoms with Gasteiger partial charge >= 0.3 is 0 Å². The molecule has 4 rings (SSSR count). The molecule has 29 heavy (non-hydrogen) atoms. The SMILES string of the molecule is C[C@H]1CCCC[C@H]1NC(=O)c1ccc2c(c1)NC(=O)/C(=C\c1ccccc1Cl)S2. The van der Waals surface area contributed by atoms with Gasteiger partial charge in [0, 0.05) is 21.5 Å². The van der Waals surface area contributed by atoms with Crippen molar-refractivity contribution in [2.45, 2.75) is 43.5 Å². The highest BCUT2D eigenvalue weighted by atomic mass is 35.5. The highest BCUT2D eigenvalue weighted by Gasteiger charge is 2.25. The average molecular weight is 427 g/mol. The van der Waals surface area contributed by atoms with E-state index in [1.54, 1.807) is 18.2 Å². The van der Waals surface area contributed by atoms with Gasteiger partial charge in [0.25, 0.3) is 11.8 Å². The van der Waals surface area contributed by atoms with Crippen LogP contribution in [-0.2, 0) is 4.79 Å². The fraction of sp³-hybridized carbons (Fsp3) is 0.304. The topological polar surface area (TPSA) is 58.2 Å². The normalized spacial score (nSPS) is 22.7. The molecule has 2 amide bonds. The predicted octanol–water partition coefficient (Wildman–Crippen LogP) is 5.73. The number of hydrogen-bond donors (Lipinski definition) is 2. The van der Waals surface area contributed by atoms with Gasteiger partial charge in [-0.25, -0.2) is 0 Å². The minimum atomic E-state index is -0.194. The van der Waals surface area contributed by atoms with Crippen molar-refractivity contribution in [3.8, 4) is 0 Å².